The smallest absolute Gasteiger partial charge is 0.425 e. The summed E-state index contributed by atoms with van der Waals surface area (Å²) < 4.78 is 33.8. The molecule has 0 aromatic carbocycles. The van der Waals surface area contributed by atoms with E-state index in [9.17, 15) is 19.5 Å². The predicted octanol–water partition coefficient (Wildman–Crippen LogP) is 4.06. The van der Waals surface area contributed by atoms with Crippen molar-refractivity contribution in [1.82, 2.24) is 35.2 Å². The molecule has 3 fully saturated rings. The van der Waals surface area contributed by atoms with Gasteiger partial charge in [0, 0.05) is 62.4 Å². The SMILES string of the molecule is CC[C@H]1OC(=O)[C@H](C)C(=O)[C@H](C)[C@@H](O[C@@H]2O[C@H](C)C[C@H](N(C)C)[C@H]2O)[C@@](C)(OC)C[C@@H](C)C(NC)[C@H](C)[C@H]2N(NCCCn3cnc(-c4cccnc4)c3)C(=O)O[C@]12C. The highest BCUT2D eigenvalue weighted by Crippen LogP contribution is 2.43. The van der Waals surface area contributed by atoms with E-state index >= 15 is 0 Å². The highest BCUT2D eigenvalue weighted by molar-refractivity contribution is 6.00. The maximum Gasteiger partial charge on any atom is 0.425 e. The summed E-state index contributed by atoms with van der Waals surface area (Å²) in [7, 11) is 7.28. The highest BCUT2D eigenvalue weighted by atomic mass is 16.7. The van der Waals surface area contributed by atoms with Gasteiger partial charge in [0.15, 0.2) is 17.7 Å². The summed E-state index contributed by atoms with van der Waals surface area (Å²) >= 11 is 0. The van der Waals surface area contributed by atoms with Gasteiger partial charge in [-0.25, -0.2) is 20.2 Å². The Bertz CT molecular complexity index is 1710. The molecule has 3 saturated heterocycles. The first kappa shape index (κ1) is 46.6. The van der Waals surface area contributed by atoms with Crippen molar-refractivity contribution >= 4 is 17.8 Å². The molecule has 59 heavy (non-hydrogen) atoms. The topological polar surface area (TPSA) is 179 Å². The minimum absolute atomic E-state index is 0.126. The number of hydrazine groups is 1. The van der Waals surface area contributed by atoms with Crippen LogP contribution < -0.4 is 10.7 Å². The monoisotopic (exact) mass is 828 g/mol. The number of methoxy groups -OCH3 is 1. The number of imidazole rings is 1. The summed E-state index contributed by atoms with van der Waals surface area (Å²) in [5.41, 5.74) is 2.74. The number of carbonyl (C=O) groups excluding carboxylic acids is 3. The second-order valence-corrected chi connectivity index (χ2v) is 17.6. The first-order valence-corrected chi connectivity index (χ1v) is 21.2. The molecule has 5 heterocycles. The number of likely N-dealkylation sites (N-methyl/N-ethyl adjacent to an activating group) is 1. The number of ether oxygens (including phenoxy) is 5. The zero-order chi connectivity index (χ0) is 43.4. The lowest BCUT2D eigenvalue weighted by Crippen LogP contribution is -2.63. The largest absolute Gasteiger partial charge is 0.458 e. The summed E-state index contributed by atoms with van der Waals surface area (Å²) in [6.07, 6.45) is 4.60. The summed E-state index contributed by atoms with van der Waals surface area (Å²) in [6, 6.07) is 2.75. The second kappa shape index (κ2) is 19.5. The predicted molar refractivity (Wildman–Crippen MR) is 221 cm³/mol. The molecule has 16 heteroatoms. The molecular weight excluding hydrogens is 759 g/mol. The quantitative estimate of drug-likeness (QED) is 0.159. The molecule has 0 spiro atoms. The van der Waals surface area contributed by atoms with Crippen LogP contribution >= 0.6 is 0 Å². The number of nitrogens with zero attached hydrogens (tertiary/aromatic N) is 5. The Morgan fingerprint density at radius 1 is 1.12 bits per heavy atom. The molecule has 16 nitrogen and oxygen atoms in total. The lowest BCUT2D eigenvalue weighted by Gasteiger charge is -2.48. The van der Waals surface area contributed by atoms with Crippen molar-refractivity contribution in [3.05, 3.63) is 37.1 Å². The molecule has 0 saturated carbocycles. The van der Waals surface area contributed by atoms with E-state index < -0.39 is 71.5 Å². The van der Waals surface area contributed by atoms with Crippen molar-refractivity contribution in [2.24, 2.45) is 23.7 Å². The molecule has 3 N–H and O–H groups in total. The first-order chi connectivity index (χ1) is 27.9. The van der Waals surface area contributed by atoms with Gasteiger partial charge in [-0.1, -0.05) is 27.7 Å². The minimum atomic E-state index is -1.28. The first-order valence-electron chi connectivity index (χ1n) is 21.2. The van der Waals surface area contributed by atoms with Crippen molar-refractivity contribution in [2.75, 3.05) is 34.8 Å². The van der Waals surface area contributed by atoms with E-state index in [1.165, 1.54) is 6.92 Å². The highest BCUT2D eigenvalue weighted by Gasteiger charge is 2.60. The number of nitrogens with one attached hydrogen (secondary N) is 2. The van der Waals surface area contributed by atoms with E-state index in [1.807, 2.05) is 76.6 Å². The van der Waals surface area contributed by atoms with Crippen molar-refractivity contribution in [3.8, 4) is 11.3 Å². The van der Waals surface area contributed by atoms with Crippen molar-refractivity contribution in [2.45, 2.75) is 148 Å². The van der Waals surface area contributed by atoms with Gasteiger partial charge in [-0.3, -0.25) is 14.6 Å². The molecular formula is C43H69N7O9. The summed E-state index contributed by atoms with van der Waals surface area (Å²) in [5.74, 6) is -3.58. The van der Waals surface area contributed by atoms with Crippen molar-refractivity contribution in [3.63, 3.8) is 0 Å². The summed E-state index contributed by atoms with van der Waals surface area (Å²) in [5, 5.41) is 16.6. The number of ketones is 1. The Morgan fingerprint density at radius 2 is 1.85 bits per heavy atom. The van der Waals surface area contributed by atoms with Crippen LogP contribution in [-0.2, 0) is 39.8 Å². The summed E-state index contributed by atoms with van der Waals surface area (Å²) in [6.45, 7) is 16.1. The minimum Gasteiger partial charge on any atom is -0.458 e. The fourth-order valence-corrected chi connectivity index (χ4v) is 9.89. The molecule has 0 bridgehead atoms. The van der Waals surface area contributed by atoms with Crippen LogP contribution in [0.25, 0.3) is 11.3 Å². The molecule has 14 atom stereocenters. The zero-order valence-corrected chi connectivity index (χ0v) is 37.1. The number of aliphatic hydroxyl groups excluding tert-OH is 1. The van der Waals surface area contributed by atoms with Gasteiger partial charge in [0.2, 0.25) is 0 Å². The van der Waals surface area contributed by atoms with Gasteiger partial charge < -0.3 is 43.6 Å². The Balaban J connectivity index is 1.45. The van der Waals surface area contributed by atoms with Gasteiger partial charge in [0.1, 0.15) is 18.1 Å². The Labute approximate surface area is 350 Å². The number of hydrogen-bond acceptors (Lipinski definition) is 14. The average molecular weight is 828 g/mol. The number of aromatic nitrogens is 3. The molecule has 3 aliphatic rings. The van der Waals surface area contributed by atoms with Crippen LogP contribution in [-0.4, -0.2) is 142 Å². The van der Waals surface area contributed by atoms with Crippen LogP contribution in [0.15, 0.2) is 37.1 Å². The third kappa shape index (κ3) is 9.84. The number of pyridine rings is 1. The van der Waals surface area contributed by atoms with Gasteiger partial charge >= 0.3 is 12.1 Å². The molecule has 1 unspecified atom stereocenters. The van der Waals surface area contributed by atoms with E-state index in [-0.39, 0.29) is 30.0 Å². The number of aliphatic hydroxyl groups is 1. The number of Topliss-reactive ketones (excluding diaryl/α,β-unsaturated/α-hetero) is 1. The Morgan fingerprint density at radius 3 is 2.47 bits per heavy atom. The Kier molecular flexibility index (Phi) is 15.4. The van der Waals surface area contributed by atoms with Gasteiger partial charge in [-0.2, -0.15) is 0 Å². The van der Waals surface area contributed by atoms with Gasteiger partial charge in [0.25, 0.3) is 0 Å². The van der Waals surface area contributed by atoms with E-state index in [4.69, 9.17) is 23.7 Å². The van der Waals surface area contributed by atoms with Crippen LogP contribution in [0, 0.1) is 23.7 Å². The standard InChI is InChI=1S/C43H69N7O9/c1-13-33-43(8)37(50(41(54)59-43)47-18-15-19-49-23-31(46-24-49)30-16-14-17-45-22-30)27(4)34(44-9)25(2)21-42(7,55-12)38(28(5)35(51)29(6)39(53)57-33)58-40-36(52)32(48(10)11)20-26(3)56-40/h14,16-17,22-29,32-34,36-38,40,44,47,52H,13,15,18-21H2,1-12H3/t25-,26-,27+,28+,29-,32+,33-,34?,36-,37-,38-,40+,42+,43-/m1/s1. The van der Waals surface area contributed by atoms with Crippen LogP contribution in [0.3, 0.4) is 0 Å². The van der Waals surface area contributed by atoms with E-state index in [1.54, 1.807) is 37.8 Å². The molecule has 0 radical (unpaired) electrons. The summed E-state index contributed by atoms with van der Waals surface area (Å²) in [4.78, 5) is 53.1. The fourth-order valence-electron chi connectivity index (χ4n) is 9.89. The number of fused-ring (bicyclic) bond motifs is 1. The number of aryl methyl sites for hydroxylation is 1. The number of carbonyl (C=O) groups is 3. The van der Waals surface area contributed by atoms with Crippen molar-refractivity contribution < 1.29 is 43.2 Å². The second-order valence-electron chi connectivity index (χ2n) is 17.6. The molecule has 330 valence electrons. The average Bonchev–Trinajstić information content (AvgIpc) is 3.79. The maximum atomic E-state index is 14.4. The molecule has 1 amide bonds. The number of amides is 1. The molecule has 2 aromatic heterocycles. The van der Waals surface area contributed by atoms with Crippen LogP contribution in [0.2, 0.25) is 0 Å². The maximum absolute atomic E-state index is 14.4. The third-order valence-electron chi connectivity index (χ3n) is 13.2. The number of hydrogen-bond donors (Lipinski definition) is 3. The van der Waals surface area contributed by atoms with Crippen LogP contribution in [0.5, 0.6) is 0 Å². The van der Waals surface area contributed by atoms with Gasteiger partial charge in [0.05, 0.1) is 35.9 Å². The van der Waals surface area contributed by atoms with E-state index in [0.29, 0.717) is 38.8 Å². The van der Waals surface area contributed by atoms with E-state index in [0.717, 1.165) is 11.3 Å². The lowest BCUT2D eigenvalue weighted by atomic mass is 9.71. The third-order valence-corrected chi connectivity index (χ3v) is 13.2. The van der Waals surface area contributed by atoms with Crippen LogP contribution in [0.1, 0.15) is 81.1 Å². The number of cyclic esters (lactones) is 1. The molecule has 0 aliphatic carbocycles. The van der Waals surface area contributed by atoms with Crippen LogP contribution in [0.4, 0.5) is 4.79 Å². The van der Waals surface area contributed by atoms with E-state index in [2.05, 4.69) is 34.6 Å². The number of esters is 1. The van der Waals surface area contributed by atoms with Gasteiger partial charge in [-0.05, 0) is 98.5 Å². The Hall–Kier alpha value is -3.51. The number of rotatable bonds is 12. The molecule has 2 aromatic rings. The lowest BCUT2D eigenvalue weighted by molar-refractivity contribution is -0.295. The van der Waals surface area contributed by atoms with Crippen molar-refractivity contribution in [1.29, 1.82) is 0 Å². The van der Waals surface area contributed by atoms with Gasteiger partial charge in [-0.15, -0.1) is 0 Å². The zero-order valence-electron chi connectivity index (χ0n) is 37.1. The molecule has 5 rings (SSSR count). The fraction of sp³-hybridized carbons (Fsp3) is 0.744. The molecule has 3 aliphatic heterocycles. The normalized spacial score (nSPS) is 37.5.